The number of aliphatic carboxylic acids is 1. The van der Waals surface area contributed by atoms with Gasteiger partial charge in [-0.2, -0.15) is 31.4 Å². The van der Waals surface area contributed by atoms with Crippen LogP contribution >= 0.6 is 0 Å². The van der Waals surface area contributed by atoms with Gasteiger partial charge < -0.3 is 15.2 Å². The van der Waals surface area contributed by atoms with Gasteiger partial charge in [0, 0.05) is 43.7 Å². The van der Waals surface area contributed by atoms with Gasteiger partial charge in [-0.05, 0) is 19.8 Å². The zero-order chi connectivity index (χ0) is 24.7. The van der Waals surface area contributed by atoms with Crippen LogP contribution in [0.2, 0.25) is 0 Å². The molecule has 1 aromatic heterocycles. The van der Waals surface area contributed by atoms with E-state index in [0.29, 0.717) is 12.1 Å². The average Bonchev–Trinajstić information content (AvgIpc) is 3.34. The van der Waals surface area contributed by atoms with Crippen LogP contribution in [0.4, 0.5) is 26.3 Å². The summed E-state index contributed by atoms with van der Waals surface area (Å²) in [5, 5.41) is 15.6. The van der Waals surface area contributed by atoms with Crippen molar-refractivity contribution in [3.63, 3.8) is 0 Å². The number of nitrogens with zero attached hydrogens (tertiary/aromatic N) is 3. The molecular formula is C19H24F6N4O4. The normalized spacial score (nSPS) is 26.1. The predicted octanol–water partition coefficient (Wildman–Crippen LogP) is 2.29. The lowest BCUT2D eigenvalue weighted by Gasteiger charge is -2.32. The summed E-state index contributed by atoms with van der Waals surface area (Å²) in [5.74, 6) is -8.02. The fourth-order valence-electron chi connectivity index (χ4n) is 4.90. The molecule has 2 aliphatic rings. The topological polar surface area (TPSA) is 96.7 Å². The molecule has 4 unspecified atom stereocenters. The molecule has 0 spiro atoms. The van der Waals surface area contributed by atoms with Gasteiger partial charge in [-0.3, -0.25) is 14.4 Å². The van der Waals surface area contributed by atoms with Crippen LogP contribution in [0.15, 0.2) is 6.20 Å². The van der Waals surface area contributed by atoms with Gasteiger partial charge in [-0.25, -0.2) is 4.79 Å². The van der Waals surface area contributed by atoms with E-state index in [4.69, 9.17) is 4.74 Å². The van der Waals surface area contributed by atoms with Gasteiger partial charge in [-0.15, -0.1) is 0 Å². The summed E-state index contributed by atoms with van der Waals surface area (Å²) in [6, 6.07) is -3.69. The number of halogens is 6. The van der Waals surface area contributed by atoms with E-state index in [1.807, 2.05) is 0 Å². The summed E-state index contributed by atoms with van der Waals surface area (Å²) in [7, 11) is 0. The zero-order valence-electron chi connectivity index (χ0n) is 17.8. The van der Waals surface area contributed by atoms with E-state index in [9.17, 15) is 41.0 Å². The summed E-state index contributed by atoms with van der Waals surface area (Å²) in [6.07, 6.45) is -9.80. The molecule has 0 aliphatic carbocycles. The molecule has 0 radical (unpaired) electrons. The Labute approximate surface area is 184 Å². The molecule has 8 nitrogen and oxygen atoms in total. The highest BCUT2D eigenvalue weighted by Crippen LogP contribution is 2.48. The number of rotatable bonds is 7. The fraction of sp³-hybridized carbons (Fsp3) is 0.737. The molecule has 2 N–H and O–H groups in total. The second-order valence-corrected chi connectivity index (χ2v) is 8.15. The number of carbonyl (C=O) groups is 2. The first-order chi connectivity index (χ1) is 15.3. The third kappa shape index (κ3) is 4.95. The van der Waals surface area contributed by atoms with Crippen molar-refractivity contribution in [3.8, 4) is 0 Å². The van der Waals surface area contributed by atoms with Crippen LogP contribution in [0.1, 0.15) is 29.9 Å². The molecule has 186 valence electrons. The molecule has 0 aromatic carbocycles. The van der Waals surface area contributed by atoms with Crippen LogP contribution in [0.5, 0.6) is 0 Å². The van der Waals surface area contributed by atoms with Gasteiger partial charge in [0.15, 0.2) is 11.6 Å². The molecule has 14 heteroatoms. The van der Waals surface area contributed by atoms with Crippen molar-refractivity contribution >= 4 is 11.9 Å². The Kier molecular flexibility index (Phi) is 6.99. The highest BCUT2D eigenvalue weighted by Gasteiger charge is 2.66. The van der Waals surface area contributed by atoms with Crippen LogP contribution < -0.4 is 5.32 Å². The quantitative estimate of drug-likeness (QED) is 0.451. The molecule has 3 rings (SSSR count). The third-order valence-corrected chi connectivity index (χ3v) is 6.16. The minimum Gasteiger partial charge on any atom is -0.480 e. The minimum absolute atomic E-state index is 0.00289. The first-order valence-electron chi connectivity index (χ1n) is 10.4. The molecule has 2 saturated heterocycles. The number of likely N-dealkylation sites (tertiary alicyclic amines) is 1. The van der Waals surface area contributed by atoms with Crippen LogP contribution in [-0.4, -0.2) is 75.9 Å². The first kappa shape index (κ1) is 25.3. The number of carbonyl (C=O) groups excluding carboxylic acids is 1. The predicted molar refractivity (Wildman–Crippen MR) is 100 cm³/mol. The fourth-order valence-corrected chi connectivity index (χ4v) is 4.90. The number of aromatic nitrogens is 2. The third-order valence-electron chi connectivity index (χ3n) is 6.16. The summed E-state index contributed by atoms with van der Waals surface area (Å²) < 4.78 is 86.6. The molecule has 0 amide bonds. The van der Waals surface area contributed by atoms with E-state index in [1.54, 1.807) is 18.7 Å². The average molecular weight is 486 g/mol. The Bertz CT molecular complexity index is 873. The molecule has 2 aliphatic heterocycles. The summed E-state index contributed by atoms with van der Waals surface area (Å²) >= 11 is 0. The van der Waals surface area contributed by atoms with Crippen LogP contribution in [0, 0.1) is 17.8 Å². The highest BCUT2D eigenvalue weighted by molar-refractivity contribution is 5.89. The lowest BCUT2D eigenvalue weighted by molar-refractivity contribution is -0.293. The lowest BCUT2D eigenvalue weighted by atomic mass is 9.84. The van der Waals surface area contributed by atoms with Crippen molar-refractivity contribution in [1.82, 2.24) is 20.0 Å². The number of fused-ring (bicyclic) bond motifs is 1. The smallest absolute Gasteiger partial charge is 0.402 e. The van der Waals surface area contributed by atoms with Gasteiger partial charge in [0.1, 0.15) is 6.04 Å². The number of aryl methyl sites for hydroxylation is 1. The molecule has 0 saturated carbocycles. The van der Waals surface area contributed by atoms with E-state index >= 15 is 0 Å². The molecular weight excluding hydrogens is 462 g/mol. The number of hydrogen-bond donors (Lipinski definition) is 2. The van der Waals surface area contributed by atoms with E-state index < -0.39 is 54.1 Å². The Morgan fingerprint density at radius 3 is 2.30 bits per heavy atom. The summed E-state index contributed by atoms with van der Waals surface area (Å²) in [5.41, 5.74) is 0.541. The van der Waals surface area contributed by atoms with Crippen molar-refractivity contribution in [1.29, 1.82) is 0 Å². The number of alkyl halides is 6. The summed E-state index contributed by atoms with van der Waals surface area (Å²) in [6.45, 7) is 3.55. The maximum Gasteiger partial charge on any atom is 0.402 e. The van der Waals surface area contributed by atoms with Crippen LogP contribution in [0.25, 0.3) is 0 Å². The van der Waals surface area contributed by atoms with Gasteiger partial charge in [0.25, 0.3) is 0 Å². The maximum absolute atomic E-state index is 13.4. The maximum atomic E-state index is 13.4. The largest absolute Gasteiger partial charge is 0.480 e. The molecule has 4 atom stereocenters. The number of hydrogen-bond acceptors (Lipinski definition) is 6. The van der Waals surface area contributed by atoms with Gasteiger partial charge in [0.05, 0.1) is 12.8 Å². The monoisotopic (exact) mass is 486 g/mol. The highest BCUT2D eigenvalue weighted by atomic mass is 19.4. The van der Waals surface area contributed by atoms with Gasteiger partial charge >= 0.3 is 24.3 Å². The van der Waals surface area contributed by atoms with Crippen molar-refractivity contribution in [3.05, 3.63) is 17.5 Å². The van der Waals surface area contributed by atoms with Crippen LogP contribution in [-0.2, 0) is 22.6 Å². The van der Waals surface area contributed by atoms with E-state index in [1.165, 1.54) is 10.9 Å². The van der Waals surface area contributed by atoms with E-state index in [0.717, 1.165) is 0 Å². The van der Waals surface area contributed by atoms with E-state index in [2.05, 4.69) is 10.4 Å². The first-order valence-corrected chi connectivity index (χ1v) is 10.4. The number of ether oxygens (including phenoxy) is 1. The Balaban J connectivity index is 1.88. The van der Waals surface area contributed by atoms with Crippen molar-refractivity contribution in [2.24, 2.45) is 17.8 Å². The van der Waals surface area contributed by atoms with Gasteiger partial charge in [-0.1, -0.05) is 0 Å². The summed E-state index contributed by atoms with van der Waals surface area (Å²) in [4.78, 5) is 25.5. The zero-order valence-corrected chi connectivity index (χ0v) is 17.8. The number of carboxylic acid groups (broad SMARTS) is 1. The van der Waals surface area contributed by atoms with Gasteiger partial charge in [0.2, 0.25) is 0 Å². The molecule has 3 heterocycles. The van der Waals surface area contributed by atoms with E-state index in [-0.39, 0.29) is 31.9 Å². The lowest BCUT2D eigenvalue weighted by Crippen LogP contribution is -2.53. The molecule has 33 heavy (non-hydrogen) atoms. The van der Waals surface area contributed by atoms with Crippen molar-refractivity contribution in [2.75, 3.05) is 19.7 Å². The second-order valence-electron chi connectivity index (χ2n) is 8.15. The molecule has 0 bridgehead atoms. The standard InChI is InChI=1S/C19H24F6N4O4/c1-3-29-14(17(32)33-4-2)9(5-26-29)6-28-7-10-11(8-28)13(16(30)31)27-12(10)15(18(20,21)22)19(23,24)25/h5,10-13,15,27H,3-4,6-8H2,1-2H3,(H,30,31). The number of esters is 1. The Morgan fingerprint density at radius 2 is 1.79 bits per heavy atom. The van der Waals surface area contributed by atoms with Crippen molar-refractivity contribution < 1.29 is 45.8 Å². The number of carboxylic acids is 1. The Morgan fingerprint density at radius 1 is 1.18 bits per heavy atom. The molecule has 2 fully saturated rings. The molecule has 1 aromatic rings. The number of nitrogens with one attached hydrogen (secondary N) is 1. The van der Waals surface area contributed by atoms with Crippen molar-refractivity contribution in [2.45, 2.75) is 51.4 Å². The minimum atomic E-state index is -5.60. The Hall–Kier alpha value is -2.35. The van der Waals surface area contributed by atoms with Crippen LogP contribution in [0.3, 0.4) is 0 Å². The second kappa shape index (κ2) is 9.12. The SMILES string of the molecule is CCOC(=O)c1c(CN2CC3C(C(=O)O)NC(C(C(F)(F)F)C(F)(F)F)C3C2)cnn1CC.